The molecule has 3 heterocycles. The van der Waals surface area contributed by atoms with E-state index in [1.165, 1.54) is 5.56 Å². The fourth-order valence-electron chi connectivity index (χ4n) is 4.15. The first-order chi connectivity index (χ1) is 12.5. The van der Waals surface area contributed by atoms with E-state index < -0.39 is 9.84 Å². The molecule has 1 amide bonds. The van der Waals surface area contributed by atoms with Gasteiger partial charge in [-0.2, -0.15) is 5.10 Å². The number of rotatable bonds is 3. The lowest BCUT2D eigenvalue weighted by Gasteiger charge is -2.16. The molecule has 136 valence electrons. The number of anilines is 1. The molecule has 0 bridgehead atoms. The fourth-order valence-corrected chi connectivity index (χ4v) is 5.84. The second-order valence-corrected chi connectivity index (χ2v) is 9.79. The van der Waals surface area contributed by atoms with Crippen LogP contribution in [0.3, 0.4) is 0 Å². The zero-order valence-electron chi connectivity index (χ0n) is 14.5. The van der Waals surface area contributed by atoms with E-state index in [0.717, 1.165) is 30.6 Å². The molecule has 6 nitrogen and oxygen atoms in total. The molecular weight excluding hydrogens is 350 g/mol. The normalized spacial score (nSPS) is 24.0. The van der Waals surface area contributed by atoms with E-state index in [9.17, 15) is 13.2 Å². The van der Waals surface area contributed by atoms with E-state index >= 15 is 0 Å². The number of aromatic nitrogens is 2. The SMILES string of the molecule is O=C(c1cc(C2CC2)n([C@H]2CCS(=O)(=O)C2)n1)N1CCc2ccccc21. The Morgan fingerprint density at radius 1 is 1.15 bits per heavy atom. The summed E-state index contributed by atoms with van der Waals surface area (Å²) in [6.07, 6.45) is 3.62. The van der Waals surface area contributed by atoms with Crippen molar-refractivity contribution in [3.63, 3.8) is 0 Å². The number of carbonyl (C=O) groups excluding carboxylic acids is 1. The summed E-state index contributed by atoms with van der Waals surface area (Å²) in [6, 6.07) is 9.73. The predicted molar refractivity (Wildman–Crippen MR) is 98.3 cm³/mol. The van der Waals surface area contributed by atoms with Gasteiger partial charge in [0, 0.05) is 23.8 Å². The predicted octanol–water partition coefficient (Wildman–Crippen LogP) is 2.32. The second kappa shape index (κ2) is 5.67. The molecule has 0 unspecified atom stereocenters. The zero-order chi connectivity index (χ0) is 17.9. The molecule has 1 atom stereocenters. The fraction of sp³-hybridized carbons (Fsp3) is 0.474. The molecule has 1 saturated carbocycles. The summed E-state index contributed by atoms with van der Waals surface area (Å²) < 4.78 is 25.6. The molecule has 3 aliphatic rings. The van der Waals surface area contributed by atoms with Gasteiger partial charge in [-0.25, -0.2) is 8.42 Å². The molecular formula is C19H21N3O3S. The molecule has 0 N–H and O–H groups in total. The Morgan fingerprint density at radius 3 is 2.69 bits per heavy atom. The van der Waals surface area contributed by atoms with Gasteiger partial charge in [-0.3, -0.25) is 9.48 Å². The average molecular weight is 371 g/mol. The minimum atomic E-state index is -2.99. The summed E-state index contributed by atoms with van der Waals surface area (Å²) in [5.74, 6) is 0.675. The standard InChI is InChI=1S/C19H21N3O3S/c23-19(21-9-7-13-3-1-2-4-17(13)21)16-11-18(14-5-6-14)22(20-16)15-8-10-26(24,25)12-15/h1-4,11,14-15H,5-10,12H2/t15-/m0/s1. The number of fused-ring (bicyclic) bond motifs is 1. The van der Waals surface area contributed by atoms with Gasteiger partial charge in [0.2, 0.25) is 0 Å². The Labute approximate surface area is 152 Å². The quantitative estimate of drug-likeness (QED) is 0.830. The minimum absolute atomic E-state index is 0.0866. The van der Waals surface area contributed by atoms with Crippen LogP contribution in [0.15, 0.2) is 30.3 Å². The Kier molecular flexibility index (Phi) is 3.50. The number of hydrogen-bond donors (Lipinski definition) is 0. The van der Waals surface area contributed by atoms with Crippen molar-refractivity contribution in [2.45, 2.75) is 37.6 Å². The molecule has 0 spiro atoms. The van der Waals surface area contributed by atoms with Crippen molar-refractivity contribution in [3.8, 4) is 0 Å². The smallest absolute Gasteiger partial charge is 0.278 e. The van der Waals surface area contributed by atoms with Crippen LogP contribution in [0.4, 0.5) is 5.69 Å². The summed E-state index contributed by atoms with van der Waals surface area (Å²) in [6.45, 7) is 0.668. The molecule has 1 aliphatic carbocycles. The Hall–Kier alpha value is -2.15. The Morgan fingerprint density at radius 2 is 1.96 bits per heavy atom. The highest BCUT2D eigenvalue weighted by atomic mass is 32.2. The topological polar surface area (TPSA) is 72.3 Å². The van der Waals surface area contributed by atoms with Crippen molar-refractivity contribution >= 4 is 21.4 Å². The number of hydrogen-bond acceptors (Lipinski definition) is 4. The van der Waals surface area contributed by atoms with E-state index in [4.69, 9.17) is 0 Å². The lowest BCUT2D eigenvalue weighted by molar-refractivity contribution is 0.0983. The summed E-state index contributed by atoms with van der Waals surface area (Å²) in [5.41, 5.74) is 3.61. The van der Waals surface area contributed by atoms with Crippen LogP contribution in [-0.2, 0) is 16.3 Å². The number of carbonyl (C=O) groups is 1. The molecule has 1 saturated heterocycles. The number of sulfone groups is 1. The molecule has 5 rings (SSSR count). The van der Waals surface area contributed by atoms with Crippen LogP contribution in [0, 0.1) is 0 Å². The summed E-state index contributed by atoms with van der Waals surface area (Å²) in [7, 11) is -2.99. The number of benzene rings is 1. The van der Waals surface area contributed by atoms with Gasteiger partial charge in [0.05, 0.1) is 17.5 Å². The first-order valence-electron chi connectivity index (χ1n) is 9.21. The third-order valence-electron chi connectivity index (χ3n) is 5.67. The lowest BCUT2D eigenvalue weighted by Crippen LogP contribution is -2.29. The van der Waals surface area contributed by atoms with Gasteiger partial charge < -0.3 is 4.90 Å². The maximum atomic E-state index is 13.1. The van der Waals surface area contributed by atoms with Crippen molar-refractivity contribution < 1.29 is 13.2 Å². The van der Waals surface area contributed by atoms with Gasteiger partial charge >= 0.3 is 0 Å². The maximum Gasteiger partial charge on any atom is 0.278 e. The number of nitrogens with zero attached hydrogens (tertiary/aromatic N) is 3. The van der Waals surface area contributed by atoms with Crippen LogP contribution in [-0.4, -0.2) is 42.2 Å². The van der Waals surface area contributed by atoms with E-state index in [-0.39, 0.29) is 23.5 Å². The first kappa shape index (κ1) is 16.1. The number of para-hydroxylation sites is 1. The van der Waals surface area contributed by atoms with E-state index in [2.05, 4.69) is 11.2 Å². The van der Waals surface area contributed by atoms with Crippen molar-refractivity contribution in [2.24, 2.45) is 0 Å². The Bertz CT molecular complexity index is 991. The van der Waals surface area contributed by atoms with Gasteiger partial charge in [-0.15, -0.1) is 0 Å². The van der Waals surface area contributed by atoms with Gasteiger partial charge in [0.25, 0.3) is 5.91 Å². The lowest BCUT2D eigenvalue weighted by atomic mass is 10.2. The monoisotopic (exact) mass is 371 g/mol. The zero-order valence-corrected chi connectivity index (χ0v) is 15.3. The molecule has 7 heteroatoms. The van der Waals surface area contributed by atoms with Crippen LogP contribution in [0.25, 0.3) is 0 Å². The molecule has 1 aromatic carbocycles. The molecule has 2 fully saturated rings. The van der Waals surface area contributed by atoms with Crippen molar-refractivity contribution in [3.05, 3.63) is 47.3 Å². The number of amides is 1. The summed E-state index contributed by atoms with van der Waals surface area (Å²) >= 11 is 0. The largest absolute Gasteiger partial charge is 0.306 e. The van der Waals surface area contributed by atoms with Crippen LogP contribution in [0.1, 0.15) is 53.0 Å². The van der Waals surface area contributed by atoms with Crippen LogP contribution >= 0.6 is 0 Å². The Balaban J connectivity index is 1.49. The third-order valence-corrected chi connectivity index (χ3v) is 7.42. The highest BCUT2D eigenvalue weighted by Crippen LogP contribution is 2.42. The van der Waals surface area contributed by atoms with Crippen LogP contribution in [0.2, 0.25) is 0 Å². The molecule has 0 radical (unpaired) electrons. The molecule has 26 heavy (non-hydrogen) atoms. The first-order valence-corrected chi connectivity index (χ1v) is 11.0. The van der Waals surface area contributed by atoms with Gasteiger partial charge in [-0.05, 0) is 43.4 Å². The van der Waals surface area contributed by atoms with E-state index in [1.54, 1.807) is 4.90 Å². The van der Waals surface area contributed by atoms with Gasteiger partial charge in [0.1, 0.15) is 0 Å². The average Bonchev–Trinajstić information content (AvgIpc) is 3.07. The minimum Gasteiger partial charge on any atom is -0.306 e. The third kappa shape index (κ3) is 2.65. The van der Waals surface area contributed by atoms with Crippen molar-refractivity contribution in [1.29, 1.82) is 0 Å². The van der Waals surface area contributed by atoms with Crippen molar-refractivity contribution in [2.75, 3.05) is 23.0 Å². The molecule has 1 aromatic heterocycles. The highest BCUT2D eigenvalue weighted by molar-refractivity contribution is 7.91. The van der Waals surface area contributed by atoms with E-state index in [0.29, 0.717) is 24.6 Å². The van der Waals surface area contributed by atoms with Crippen LogP contribution in [0.5, 0.6) is 0 Å². The summed E-state index contributed by atoms with van der Waals surface area (Å²) in [5, 5.41) is 4.60. The molecule has 2 aliphatic heterocycles. The van der Waals surface area contributed by atoms with Gasteiger partial charge in [0.15, 0.2) is 15.5 Å². The highest BCUT2D eigenvalue weighted by Gasteiger charge is 2.37. The maximum absolute atomic E-state index is 13.1. The van der Waals surface area contributed by atoms with Gasteiger partial charge in [-0.1, -0.05) is 18.2 Å². The van der Waals surface area contributed by atoms with Crippen LogP contribution < -0.4 is 4.90 Å². The second-order valence-electron chi connectivity index (χ2n) is 7.57. The van der Waals surface area contributed by atoms with Crippen molar-refractivity contribution in [1.82, 2.24) is 9.78 Å². The molecule has 2 aromatic rings. The summed E-state index contributed by atoms with van der Waals surface area (Å²) in [4.78, 5) is 14.9. The van der Waals surface area contributed by atoms with E-state index in [1.807, 2.05) is 28.9 Å².